The number of amides is 4. The fourth-order valence-electron chi connectivity index (χ4n) is 5.18. The van der Waals surface area contributed by atoms with Crippen LogP contribution in [0.2, 0.25) is 0 Å². The van der Waals surface area contributed by atoms with E-state index in [0.29, 0.717) is 5.56 Å². The van der Waals surface area contributed by atoms with Crippen molar-refractivity contribution in [2.75, 3.05) is 13.1 Å². The van der Waals surface area contributed by atoms with E-state index in [4.69, 9.17) is 0 Å². The summed E-state index contributed by atoms with van der Waals surface area (Å²) in [7, 11) is 0. The summed E-state index contributed by atoms with van der Waals surface area (Å²) < 4.78 is 42.0. The first-order chi connectivity index (χ1) is 19.7. The van der Waals surface area contributed by atoms with Gasteiger partial charge in [-0.15, -0.1) is 6.58 Å². The molecule has 0 unspecified atom stereocenters. The Labute approximate surface area is 234 Å². The van der Waals surface area contributed by atoms with Gasteiger partial charge in [-0.05, 0) is 28.8 Å². The van der Waals surface area contributed by atoms with Crippen LogP contribution in [0.3, 0.4) is 0 Å². The maximum atomic E-state index is 14.1. The number of benzene rings is 2. The van der Waals surface area contributed by atoms with Gasteiger partial charge in [0.2, 0.25) is 5.91 Å². The van der Waals surface area contributed by atoms with Crippen LogP contribution in [0.4, 0.5) is 18.0 Å². The molecule has 0 saturated carbocycles. The minimum Gasteiger partial charge on any atom is -0.350 e. The molecule has 0 bridgehead atoms. The van der Waals surface area contributed by atoms with Crippen LogP contribution >= 0.6 is 0 Å². The summed E-state index contributed by atoms with van der Waals surface area (Å²) in [5, 5.41) is 5.42. The van der Waals surface area contributed by atoms with E-state index in [1.807, 2.05) is 0 Å². The van der Waals surface area contributed by atoms with Crippen LogP contribution in [0.25, 0.3) is 0 Å². The second-order valence-electron chi connectivity index (χ2n) is 9.55. The number of nitrogens with zero attached hydrogens (tertiary/aromatic N) is 3. The fourth-order valence-corrected chi connectivity index (χ4v) is 5.18. The van der Waals surface area contributed by atoms with Crippen molar-refractivity contribution in [3.63, 3.8) is 0 Å². The molecule has 0 fully saturated rings. The molecule has 3 heterocycles. The largest absolute Gasteiger partial charge is 0.416 e. The van der Waals surface area contributed by atoms with Gasteiger partial charge < -0.3 is 15.5 Å². The van der Waals surface area contributed by atoms with Gasteiger partial charge in [0.25, 0.3) is 5.91 Å². The maximum Gasteiger partial charge on any atom is 0.416 e. The Bertz CT molecular complexity index is 1510. The number of alkyl halides is 3. The lowest BCUT2D eigenvalue weighted by molar-refractivity contribution is -0.138. The Morgan fingerprint density at radius 3 is 2.51 bits per heavy atom. The quantitative estimate of drug-likeness (QED) is 0.396. The summed E-state index contributed by atoms with van der Waals surface area (Å²) in [4.78, 5) is 47.5. The van der Waals surface area contributed by atoms with Crippen molar-refractivity contribution in [1.82, 2.24) is 25.4 Å². The van der Waals surface area contributed by atoms with Crippen LogP contribution in [0.1, 0.15) is 34.3 Å². The second-order valence-corrected chi connectivity index (χ2v) is 9.55. The molecule has 8 nitrogen and oxygen atoms in total. The number of urea groups is 1. The standard InChI is InChI=1S/C30H26F3N5O3/c1-2-15-37-23-18-38(26(20-10-4-3-5-11-20)27(39)35-17-19-9-8-14-34-16-19)28(40)24(23)25(36-29(37)41)21-12-6-7-13-22(21)30(31,32)33/h2-14,16,25-26H,1,15,17-18H2,(H,35,39)(H,36,41)/t25-,26+/m1/s1. The lowest BCUT2D eigenvalue weighted by atomic mass is 9.91. The molecule has 2 N–H and O–H groups in total. The first-order valence-electron chi connectivity index (χ1n) is 12.8. The molecule has 0 radical (unpaired) electrons. The summed E-state index contributed by atoms with van der Waals surface area (Å²) in [6.07, 6.45) is -0.0575. The number of carbonyl (C=O) groups excluding carboxylic acids is 3. The highest BCUT2D eigenvalue weighted by atomic mass is 19.4. The van der Waals surface area contributed by atoms with Crippen molar-refractivity contribution >= 4 is 17.8 Å². The highest BCUT2D eigenvalue weighted by molar-refractivity contribution is 6.04. The minimum atomic E-state index is -4.72. The Morgan fingerprint density at radius 2 is 1.83 bits per heavy atom. The third kappa shape index (κ3) is 5.43. The van der Waals surface area contributed by atoms with E-state index in [0.717, 1.165) is 11.6 Å². The molecule has 2 aromatic carbocycles. The van der Waals surface area contributed by atoms with Gasteiger partial charge in [0.05, 0.1) is 29.4 Å². The molecule has 2 atom stereocenters. The summed E-state index contributed by atoms with van der Waals surface area (Å²) in [6, 6.07) is 13.8. The van der Waals surface area contributed by atoms with Crippen molar-refractivity contribution < 1.29 is 27.6 Å². The van der Waals surface area contributed by atoms with Crippen LogP contribution in [-0.4, -0.2) is 45.7 Å². The van der Waals surface area contributed by atoms with E-state index < -0.39 is 41.7 Å². The molecule has 5 rings (SSSR count). The normalized spacial score (nSPS) is 17.7. The van der Waals surface area contributed by atoms with E-state index in [2.05, 4.69) is 22.2 Å². The summed E-state index contributed by atoms with van der Waals surface area (Å²) in [6.45, 7) is 3.67. The molecule has 11 heteroatoms. The van der Waals surface area contributed by atoms with Crippen molar-refractivity contribution in [2.45, 2.75) is 24.8 Å². The third-order valence-corrected chi connectivity index (χ3v) is 7.00. The molecular formula is C30H26F3N5O3. The van der Waals surface area contributed by atoms with Gasteiger partial charge in [0.1, 0.15) is 6.04 Å². The zero-order valence-corrected chi connectivity index (χ0v) is 21.8. The monoisotopic (exact) mass is 561 g/mol. The third-order valence-electron chi connectivity index (χ3n) is 7.00. The molecular weight excluding hydrogens is 535 g/mol. The maximum absolute atomic E-state index is 14.1. The molecule has 3 aromatic rings. The minimum absolute atomic E-state index is 0.0165. The molecule has 0 saturated heterocycles. The number of hydrogen-bond donors (Lipinski definition) is 2. The van der Waals surface area contributed by atoms with E-state index >= 15 is 0 Å². The highest BCUT2D eigenvalue weighted by Gasteiger charge is 2.49. The molecule has 0 spiro atoms. The Morgan fingerprint density at radius 1 is 1.10 bits per heavy atom. The van der Waals surface area contributed by atoms with Crippen molar-refractivity contribution in [3.05, 3.63) is 125 Å². The number of carbonyl (C=O) groups is 3. The van der Waals surface area contributed by atoms with Crippen molar-refractivity contribution in [2.24, 2.45) is 0 Å². The lowest BCUT2D eigenvalue weighted by Gasteiger charge is -2.33. The average Bonchev–Trinajstić information content (AvgIpc) is 3.30. The second kappa shape index (κ2) is 11.3. The Kier molecular flexibility index (Phi) is 7.60. The number of rotatable bonds is 8. The number of halogens is 3. The van der Waals surface area contributed by atoms with Crippen LogP contribution in [-0.2, 0) is 22.3 Å². The number of hydrogen-bond acceptors (Lipinski definition) is 4. The predicted molar refractivity (Wildman–Crippen MR) is 144 cm³/mol. The van der Waals surface area contributed by atoms with Gasteiger partial charge in [-0.1, -0.05) is 60.7 Å². The highest BCUT2D eigenvalue weighted by Crippen LogP contribution is 2.43. The smallest absolute Gasteiger partial charge is 0.350 e. The van der Waals surface area contributed by atoms with Crippen molar-refractivity contribution in [3.8, 4) is 0 Å². The van der Waals surface area contributed by atoms with Gasteiger partial charge in [-0.3, -0.25) is 19.5 Å². The van der Waals surface area contributed by atoms with E-state index in [1.54, 1.807) is 54.9 Å². The zero-order chi connectivity index (χ0) is 29.1. The van der Waals surface area contributed by atoms with Gasteiger partial charge in [-0.25, -0.2) is 4.79 Å². The molecule has 1 aromatic heterocycles. The van der Waals surface area contributed by atoms with Crippen LogP contribution in [0.5, 0.6) is 0 Å². The molecule has 4 amide bonds. The number of nitrogens with one attached hydrogen (secondary N) is 2. The topological polar surface area (TPSA) is 94.6 Å². The fraction of sp³-hybridized carbons (Fsp3) is 0.200. The number of aromatic nitrogens is 1. The number of pyridine rings is 1. The predicted octanol–water partition coefficient (Wildman–Crippen LogP) is 4.51. The summed E-state index contributed by atoms with van der Waals surface area (Å²) in [5.74, 6) is -1.14. The average molecular weight is 562 g/mol. The SMILES string of the molecule is C=CCN1C(=O)N[C@H](c2ccccc2C(F)(F)F)C2=C1CN([C@H](C(=O)NCc1cccnc1)c1ccccc1)C2=O. The molecule has 2 aliphatic rings. The van der Waals surface area contributed by atoms with Gasteiger partial charge in [-0.2, -0.15) is 13.2 Å². The van der Waals surface area contributed by atoms with Crippen molar-refractivity contribution in [1.29, 1.82) is 0 Å². The van der Waals surface area contributed by atoms with E-state index in [1.165, 1.54) is 34.1 Å². The molecule has 210 valence electrons. The summed E-state index contributed by atoms with van der Waals surface area (Å²) >= 11 is 0. The molecule has 2 aliphatic heterocycles. The van der Waals surface area contributed by atoms with Crippen LogP contribution in [0.15, 0.2) is 103 Å². The van der Waals surface area contributed by atoms with Gasteiger partial charge in [0, 0.05) is 25.5 Å². The Balaban J connectivity index is 1.56. The van der Waals surface area contributed by atoms with E-state index in [9.17, 15) is 27.6 Å². The van der Waals surface area contributed by atoms with Crippen LogP contribution < -0.4 is 10.6 Å². The Hall–Kier alpha value is -4.93. The summed E-state index contributed by atoms with van der Waals surface area (Å²) in [5.41, 5.74) is 0.228. The first kappa shape index (κ1) is 27.6. The molecule has 41 heavy (non-hydrogen) atoms. The van der Waals surface area contributed by atoms with E-state index in [-0.39, 0.29) is 36.5 Å². The van der Waals surface area contributed by atoms with Gasteiger partial charge in [0.15, 0.2) is 0 Å². The lowest BCUT2D eigenvalue weighted by Crippen LogP contribution is -2.47. The zero-order valence-electron chi connectivity index (χ0n) is 21.8. The van der Waals surface area contributed by atoms with Gasteiger partial charge >= 0.3 is 12.2 Å². The first-order valence-corrected chi connectivity index (χ1v) is 12.8. The van der Waals surface area contributed by atoms with Crippen LogP contribution in [0, 0.1) is 0 Å². The molecule has 0 aliphatic carbocycles.